The van der Waals surface area contributed by atoms with E-state index < -0.39 is 0 Å². The predicted octanol–water partition coefficient (Wildman–Crippen LogP) is 3.88. The van der Waals surface area contributed by atoms with Crippen LogP contribution in [0.1, 0.15) is 31.7 Å². The Balaban J connectivity index is 1.54. The van der Waals surface area contributed by atoms with Gasteiger partial charge in [0.1, 0.15) is 5.82 Å². The van der Waals surface area contributed by atoms with Crippen LogP contribution in [0.4, 0.5) is 0 Å². The molecular weight excluding hydrogens is 398 g/mol. The van der Waals surface area contributed by atoms with Crippen LogP contribution in [0.15, 0.2) is 61.2 Å². The number of amides is 1. The van der Waals surface area contributed by atoms with E-state index in [0.717, 1.165) is 69.1 Å². The third-order valence-corrected chi connectivity index (χ3v) is 6.23. The first-order chi connectivity index (χ1) is 15.7. The van der Waals surface area contributed by atoms with Gasteiger partial charge in [0.05, 0.1) is 12.5 Å². The highest BCUT2D eigenvalue weighted by Gasteiger charge is 2.30. The van der Waals surface area contributed by atoms with Gasteiger partial charge in [-0.2, -0.15) is 0 Å². The molecule has 0 unspecified atom stereocenters. The van der Waals surface area contributed by atoms with Crippen molar-refractivity contribution in [1.82, 2.24) is 24.3 Å². The Bertz CT molecular complexity index is 1020. The monoisotopic (exact) mass is 431 g/mol. The average molecular weight is 432 g/mol. The van der Waals surface area contributed by atoms with Crippen LogP contribution in [0.5, 0.6) is 0 Å². The van der Waals surface area contributed by atoms with Crippen LogP contribution in [0, 0.1) is 5.92 Å². The molecule has 0 saturated carbocycles. The van der Waals surface area contributed by atoms with Gasteiger partial charge in [-0.3, -0.25) is 14.7 Å². The molecule has 3 heterocycles. The summed E-state index contributed by atoms with van der Waals surface area (Å²) >= 11 is 0. The zero-order valence-corrected chi connectivity index (χ0v) is 19.2. The first-order valence-corrected chi connectivity index (χ1v) is 11.7. The van der Waals surface area contributed by atoms with E-state index in [9.17, 15) is 4.79 Å². The van der Waals surface area contributed by atoms with Crippen molar-refractivity contribution in [1.29, 1.82) is 0 Å². The number of carbonyl (C=O) groups excluding carboxylic acids is 1. The molecule has 0 bridgehead atoms. The Morgan fingerprint density at radius 3 is 2.72 bits per heavy atom. The highest BCUT2D eigenvalue weighted by molar-refractivity contribution is 5.80. The number of benzene rings is 1. The van der Waals surface area contributed by atoms with E-state index in [1.807, 2.05) is 24.7 Å². The number of nitrogens with zero attached hydrogens (tertiary/aromatic N) is 5. The molecule has 1 amide bonds. The van der Waals surface area contributed by atoms with Crippen LogP contribution in [0.3, 0.4) is 0 Å². The van der Waals surface area contributed by atoms with Crippen molar-refractivity contribution in [2.75, 3.05) is 26.2 Å². The molecule has 6 heteroatoms. The molecule has 0 aliphatic carbocycles. The van der Waals surface area contributed by atoms with Gasteiger partial charge in [0.2, 0.25) is 5.91 Å². The summed E-state index contributed by atoms with van der Waals surface area (Å²) in [6.07, 6.45) is 9.30. The summed E-state index contributed by atoms with van der Waals surface area (Å²) in [6.45, 7) is 9.21. The number of pyridine rings is 1. The second-order valence-corrected chi connectivity index (χ2v) is 8.53. The van der Waals surface area contributed by atoms with E-state index in [1.165, 1.54) is 5.56 Å². The van der Waals surface area contributed by atoms with Crippen LogP contribution < -0.4 is 0 Å². The lowest BCUT2D eigenvalue weighted by molar-refractivity contribution is -0.134. The molecule has 1 atom stereocenters. The molecule has 1 aliphatic heterocycles. The topological polar surface area (TPSA) is 54.3 Å². The lowest BCUT2D eigenvalue weighted by Gasteiger charge is -2.24. The van der Waals surface area contributed by atoms with Crippen LogP contribution in [-0.2, 0) is 24.3 Å². The lowest BCUT2D eigenvalue weighted by Crippen LogP contribution is -2.37. The number of aryl methyl sites for hydroxylation is 1. The Hall–Kier alpha value is -2.99. The SMILES string of the molecule is CCCN1CCN(Cc2nccn2CC)C[C@@H](Cc2cccc(-c3cccnc3)c2)C1=O. The minimum Gasteiger partial charge on any atom is -0.341 e. The van der Waals surface area contributed by atoms with E-state index in [2.05, 4.69) is 68.5 Å². The standard InChI is InChI=1S/C26H33N5O/c1-3-12-31-15-14-29(20-25-28-11-13-30(25)4-2)19-24(26(31)32)17-21-7-5-8-22(16-21)23-9-6-10-27-18-23/h5-11,13,16,18,24H,3-4,12,14-15,17,19-20H2,1-2H3/t24-/m1/s1. The summed E-state index contributed by atoms with van der Waals surface area (Å²) in [6, 6.07) is 12.6. The van der Waals surface area contributed by atoms with Gasteiger partial charge >= 0.3 is 0 Å². The Morgan fingerprint density at radius 1 is 1.06 bits per heavy atom. The minimum atomic E-state index is -0.0572. The number of hydrogen-bond acceptors (Lipinski definition) is 4. The molecule has 1 aliphatic rings. The average Bonchev–Trinajstić information content (AvgIpc) is 3.23. The third-order valence-electron chi connectivity index (χ3n) is 6.23. The van der Waals surface area contributed by atoms with Crippen molar-refractivity contribution in [3.8, 4) is 11.1 Å². The molecule has 32 heavy (non-hydrogen) atoms. The number of hydrogen-bond donors (Lipinski definition) is 0. The fraction of sp³-hybridized carbons (Fsp3) is 0.423. The van der Waals surface area contributed by atoms with Crippen LogP contribution >= 0.6 is 0 Å². The first kappa shape index (κ1) is 22.2. The smallest absolute Gasteiger partial charge is 0.227 e. The minimum absolute atomic E-state index is 0.0572. The van der Waals surface area contributed by atoms with E-state index in [0.29, 0.717) is 0 Å². The summed E-state index contributed by atoms with van der Waals surface area (Å²) in [5.74, 6) is 1.29. The molecule has 1 fully saturated rings. The third kappa shape index (κ3) is 5.25. The zero-order valence-electron chi connectivity index (χ0n) is 19.2. The molecule has 168 valence electrons. The molecule has 2 aromatic heterocycles. The van der Waals surface area contributed by atoms with Gasteiger partial charge in [0.25, 0.3) is 0 Å². The molecule has 3 aromatic rings. The second-order valence-electron chi connectivity index (χ2n) is 8.53. The van der Waals surface area contributed by atoms with Crippen molar-refractivity contribution < 1.29 is 4.79 Å². The van der Waals surface area contributed by atoms with E-state index in [1.54, 1.807) is 6.20 Å². The van der Waals surface area contributed by atoms with Crippen LogP contribution in [0.25, 0.3) is 11.1 Å². The number of imidazole rings is 1. The quantitative estimate of drug-likeness (QED) is 0.543. The maximum Gasteiger partial charge on any atom is 0.227 e. The van der Waals surface area contributed by atoms with E-state index >= 15 is 0 Å². The van der Waals surface area contributed by atoms with Crippen molar-refractivity contribution in [3.63, 3.8) is 0 Å². The summed E-state index contributed by atoms with van der Waals surface area (Å²) in [5.41, 5.74) is 3.43. The fourth-order valence-corrected chi connectivity index (χ4v) is 4.57. The molecule has 0 spiro atoms. The van der Waals surface area contributed by atoms with Crippen molar-refractivity contribution in [2.24, 2.45) is 5.92 Å². The van der Waals surface area contributed by atoms with Gasteiger partial charge in [0.15, 0.2) is 0 Å². The molecule has 1 aromatic carbocycles. The molecule has 0 N–H and O–H groups in total. The number of aromatic nitrogens is 3. The van der Waals surface area contributed by atoms with Crippen molar-refractivity contribution in [2.45, 2.75) is 39.8 Å². The molecule has 0 radical (unpaired) electrons. The Kier molecular flexibility index (Phi) is 7.32. The molecule has 4 rings (SSSR count). The maximum absolute atomic E-state index is 13.4. The number of carbonyl (C=O) groups is 1. The Labute approximate surface area is 190 Å². The highest BCUT2D eigenvalue weighted by Crippen LogP contribution is 2.23. The van der Waals surface area contributed by atoms with E-state index in [4.69, 9.17) is 0 Å². The predicted molar refractivity (Wildman–Crippen MR) is 127 cm³/mol. The molecule has 6 nitrogen and oxygen atoms in total. The largest absolute Gasteiger partial charge is 0.341 e. The van der Waals surface area contributed by atoms with Gasteiger partial charge in [-0.25, -0.2) is 4.98 Å². The van der Waals surface area contributed by atoms with Gasteiger partial charge in [-0.15, -0.1) is 0 Å². The van der Waals surface area contributed by atoms with E-state index in [-0.39, 0.29) is 11.8 Å². The highest BCUT2D eigenvalue weighted by atomic mass is 16.2. The lowest BCUT2D eigenvalue weighted by atomic mass is 9.95. The maximum atomic E-state index is 13.4. The summed E-state index contributed by atoms with van der Waals surface area (Å²) in [5, 5.41) is 0. The first-order valence-electron chi connectivity index (χ1n) is 11.7. The zero-order chi connectivity index (χ0) is 22.3. The summed E-state index contributed by atoms with van der Waals surface area (Å²) in [4.78, 5) is 26.7. The normalized spacial score (nSPS) is 17.5. The second kappa shape index (κ2) is 10.6. The Morgan fingerprint density at radius 2 is 1.94 bits per heavy atom. The molecular formula is C26H33N5O. The van der Waals surface area contributed by atoms with Gasteiger partial charge in [-0.1, -0.05) is 37.3 Å². The number of rotatable bonds is 8. The van der Waals surface area contributed by atoms with Gasteiger partial charge in [-0.05, 0) is 42.5 Å². The van der Waals surface area contributed by atoms with Crippen LogP contribution in [0.2, 0.25) is 0 Å². The summed E-state index contributed by atoms with van der Waals surface area (Å²) < 4.78 is 2.18. The summed E-state index contributed by atoms with van der Waals surface area (Å²) in [7, 11) is 0. The van der Waals surface area contributed by atoms with Crippen molar-refractivity contribution in [3.05, 3.63) is 72.6 Å². The van der Waals surface area contributed by atoms with Crippen LogP contribution in [-0.4, -0.2) is 56.4 Å². The van der Waals surface area contributed by atoms with Gasteiger partial charge < -0.3 is 9.47 Å². The van der Waals surface area contributed by atoms with Crippen molar-refractivity contribution >= 4 is 5.91 Å². The fourth-order valence-electron chi connectivity index (χ4n) is 4.57. The van der Waals surface area contributed by atoms with Gasteiger partial charge in [0, 0.05) is 57.5 Å². The molecule has 1 saturated heterocycles.